The van der Waals surface area contributed by atoms with Gasteiger partial charge in [-0.05, 0) is 317 Å². The van der Waals surface area contributed by atoms with Crippen LogP contribution in [0.1, 0.15) is 340 Å². The first kappa shape index (κ1) is 99.1. The largest absolute Gasteiger partial charge is 0.389 e. The molecule has 0 aliphatic heterocycles. The van der Waals surface area contributed by atoms with Crippen LogP contribution in [0.5, 0.6) is 0 Å². The summed E-state index contributed by atoms with van der Waals surface area (Å²) >= 11 is 0. The van der Waals surface area contributed by atoms with Gasteiger partial charge in [0.1, 0.15) is 0 Å². The Labute approximate surface area is 692 Å². The fourth-order valence-electron chi connectivity index (χ4n) is 16.1. The van der Waals surface area contributed by atoms with Gasteiger partial charge in [-0.25, -0.2) is 0 Å². The number of aryl methyl sites for hydroxylation is 1. The molecule has 1 heteroatoms. The van der Waals surface area contributed by atoms with Crippen LogP contribution >= 0.6 is 0 Å². The monoisotopic (exact) mass is 1510 g/mol. The predicted molar refractivity (Wildman–Crippen MR) is 507 cm³/mol. The third kappa shape index (κ3) is 32.7. The highest BCUT2D eigenvalue weighted by molar-refractivity contribution is 5.81. The Hall–Kier alpha value is -7.06. The van der Waals surface area contributed by atoms with Gasteiger partial charge in [-0.2, -0.15) is 0 Å². The smallest absolute Gasteiger partial charge is 0.0747 e. The number of hydrogen-bond acceptors (Lipinski definition) is 1. The van der Waals surface area contributed by atoms with E-state index in [0.717, 1.165) is 55.4 Å². The third-order valence-corrected chi connectivity index (χ3v) is 25.5. The highest BCUT2D eigenvalue weighted by Gasteiger charge is 2.38. The molecule has 5 aliphatic carbocycles. The normalized spacial score (nSPS) is 23.4. The number of benzene rings is 2. The molecule has 7 rings (SSSR count). The van der Waals surface area contributed by atoms with E-state index in [9.17, 15) is 5.11 Å². The van der Waals surface area contributed by atoms with E-state index in [4.69, 9.17) is 0 Å². The van der Waals surface area contributed by atoms with E-state index in [-0.39, 0.29) is 22.3 Å². The maximum atomic E-state index is 9.75. The zero-order valence-electron chi connectivity index (χ0n) is 78.1. The number of aliphatic hydroxyl groups excluding tert-OH is 1. The quantitative estimate of drug-likeness (QED) is 0.0920. The molecule has 1 nitrogen and oxygen atoms in total. The van der Waals surface area contributed by atoms with Gasteiger partial charge in [-0.15, -0.1) is 0 Å². The Kier molecular flexibility index (Phi) is 42.8. The minimum Gasteiger partial charge on any atom is -0.389 e. The van der Waals surface area contributed by atoms with Crippen LogP contribution < -0.4 is 0 Å². The van der Waals surface area contributed by atoms with E-state index in [1.165, 1.54) is 164 Å². The van der Waals surface area contributed by atoms with Gasteiger partial charge in [-0.3, -0.25) is 0 Å². The summed E-state index contributed by atoms with van der Waals surface area (Å²) in [6.07, 6.45) is 67.0. The molecule has 6 atom stereocenters. The molecule has 0 saturated heterocycles. The molecule has 0 aromatic heterocycles. The van der Waals surface area contributed by atoms with Crippen molar-refractivity contribution in [3.8, 4) is 0 Å². The maximum Gasteiger partial charge on any atom is 0.0747 e. The minimum atomic E-state index is -0.329. The molecule has 0 saturated carbocycles. The summed E-state index contributed by atoms with van der Waals surface area (Å²) in [4.78, 5) is 0. The van der Waals surface area contributed by atoms with Gasteiger partial charge in [-0.1, -0.05) is 368 Å². The summed E-state index contributed by atoms with van der Waals surface area (Å²) in [6.45, 7) is 74.6. The molecule has 0 amide bonds. The van der Waals surface area contributed by atoms with E-state index in [1.54, 1.807) is 22.3 Å². The first-order valence-corrected chi connectivity index (χ1v) is 43.7. The van der Waals surface area contributed by atoms with Crippen molar-refractivity contribution in [2.45, 2.75) is 335 Å². The van der Waals surface area contributed by atoms with E-state index < -0.39 is 0 Å². The second kappa shape index (κ2) is 48.3. The fourth-order valence-corrected chi connectivity index (χ4v) is 16.1. The van der Waals surface area contributed by atoms with Crippen LogP contribution in [-0.2, 0) is 17.3 Å². The van der Waals surface area contributed by atoms with Crippen LogP contribution in [0.25, 0.3) is 11.6 Å². The summed E-state index contributed by atoms with van der Waals surface area (Å²) in [5.74, 6) is 3.58. The number of aliphatic hydroxyl groups is 1. The second-order valence-corrected chi connectivity index (χ2v) is 36.8. The molecule has 0 heterocycles. The van der Waals surface area contributed by atoms with E-state index >= 15 is 0 Å². The zero-order valence-corrected chi connectivity index (χ0v) is 78.1. The molecule has 2 aromatic carbocycles. The van der Waals surface area contributed by atoms with Crippen LogP contribution in [0.3, 0.4) is 0 Å². The average molecular weight is 1510 g/mol. The topological polar surface area (TPSA) is 20.2 Å². The lowest BCUT2D eigenvalue weighted by Crippen LogP contribution is -2.33. The van der Waals surface area contributed by atoms with Gasteiger partial charge in [0, 0.05) is 0 Å². The van der Waals surface area contributed by atoms with Crippen molar-refractivity contribution in [2.24, 2.45) is 40.4 Å². The SMILES string of the molecule is CC/C=C(C)/C=C/C=C(C)/C=C/C1=C(C)C(C)C(C)C(C)C1C.CC/C=C(C)/C=C/C=C(C)/C=C/C1=C(C)C(C)CCC1(C)C.CC/C=C(C)/C=C/C=C(C)/C=C1\CCCC(C)=C1C.CCC(O)/C(C)=C/C=C/C(C)=C/C=C1\C(C)=C(C)CCC1(C)C.CCc1cccc(/C=C(\C)c2ccc3c(c2)C(C)(C)CCC3(C)C)c1. The van der Waals surface area contributed by atoms with Gasteiger partial charge in [0.2, 0.25) is 0 Å². The molecule has 614 valence electrons. The zero-order chi connectivity index (χ0) is 84.4. The summed E-state index contributed by atoms with van der Waals surface area (Å²) in [5, 5.41) is 9.75. The van der Waals surface area contributed by atoms with Crippen LogP contribution in [0.4, 0.5) is 0 Å². The molecule has 5 aliphatic rings. The number of allylic oxidation sites excluding steroid dienone is 40. The molecular weight excluding hydrogens is 1350 g/mol. The predicted octanol–water partition coefficient (Wildman–Crippen LogP) is 34.2. The highest BCUT2D eigenvalue weighted by Crippen LogP contribution is 2.48. The Morgan fingerprint density at radius 2 is 0.991 bits per heavy atom. The number of hydrogen-bond donors (Lipinski definition) is 1. The fraction of sp³-hybridized carbons (Fsp3) is 0.514. The van der Waals surface area contributed by atoms with Crippen LogP contribution in [0, 0.1) is 40.4 Å². The third-order valence-electron chi connectivity index (χ3n) is 25.5. The van der Waals surface area contributed by atoms with Gasteiger partial charge >= 0.3 is 0 Å². The van der Waals surface area contributed by atoms with Crippen molar-refractivity contribution in [2.75, 3.05) is 0 Å². The molecule has 0 fully saturated rings. The summed E-state index contributed by atoms with van der Waals surface area (Å²) in [6, 6.07) is 16.0. The average Bonchev–Trinajstić information content (AvgIpc) is 0.757. The van der Waals surface area contributed by atoms with Crippen molar-refractivity contribution in [3.05, 3.63) is 304 Å². The number of fused-ring (bicyclic) bond motifs is 1. The first-order chi connectivity index (χ1) is 52.5. The Morgan fingerprint density at radius 1 is 0.482 bits per heavy atom. The molecule has 112 heavy (non-hydrogen) atoms. The first-order valence-electron chi connectivity index (χ1n) is 43.7. The molecule has 0 bridgehead atoms. The lowest BCUT2D eigenvalue weighted by molar-refractivity contribution is 0.206. The summed E-state index contributed by atoms with van der Waals surface area (Å²) in [7, 11) is 0. The highest BCUT2D eigenvalue weighted by atomic mass is 16.3. The minimum absolute atomic E-state index is 0.256. The Bertz CT molecular complexity index is 4090. The van der Waals surface area contributed by atoms with E-state index in [0.29, 0.717) is 17.3 Å². The molecular formula is C111H164O. The number of rotatable bonds is 22. The summed E-state index contributed by atoms with van der Waals surface area (Å²) in [5.41, 5.74) is 35.0. The van der Waals surface area contributed by atoms with Crippen molar-refractivity contribution in [1.29, 1.82) is 0 Å². The van der Waals surface area contributed by atoms with Crippen LogP contribution in [0.15, 0.2) is 276 Å². The van der Waals surface area contributed by atoms with Gasteiger partial charge < -0.3 is 5.11 Å². The standard InChI is InChI=1S/C25H32.C23H36.C22H34O.C22H34.C19H28/c1-7-19-9-8-10-20(16-19)15-18(2)21-11-12-22-23(17-21)25(5,6)14-13-24(22,3)4;1-9-11-16(2)12-10-13-17(3)14-15-23-21(7)19(5)18(4)20(6)22(23)8;1-8-21(23)18(4)11-9-10-16(2)12-13-20-19(5)17(3)14-15-22(20,6)7;1-8-10-17(2)11-9-12-18(3)13-14-21-20(5)19(4)15-16-22(21,6)7;1-6-9-15(2)10-7-11-16(3)14-19-13-8-12-17(4)18(19)5/h8-12,15-17H,7,13-14H2,1-6H3;10-15,18-21H,9H2,1-8H3;9-13,21,23H,8,14-15H2,1-7H3;9-14,19H,8,15-16H2,1-7H3;7,9-11,14H,6,8,12-13H2,1-5H3/b18-15+;12-10+,15-14+,16-11+,17-13+;10-9+,16-12+,18-11+,20-13+;11-9+,14-13+,17-10+,18-12+;10-7+,15-9+,16-11+,19-14+. The second-order valence-electron chi connectivity index (χ2n) is 36.8. The van der Waals surface area contributed by atoms with Crippen molar-refractivity contribution >= 4 is 11.6 Å². The lowest BCUT2D eigenvalue weighted by Gasteiger charge is -2.42. The van der Waals surface area contributed by atoms with Crippen molar-refractivity contribution < 1.29 is 5.11 Å². The van der Waals surface area contributed by atoms with Gasteiger partial charge in [0.05, 0.1) is 6.10 Å². The summed E-state index contributed by atoms with van der Waals surface area (Å²) < 4.78 is 0. The molecule has 0 radical (unpaired) electrons. The van der Waals surface area contributed by atoms with Crippen LogP contribution in [-0.4, -0.2) is 11.2 Å². The van der Waals surface area contributed by atoms with E-state index in [1.807, 2.05) is 26.0 Å². The van der Waals surface area contributed by atoms with E-state index in [2.05, 4.69) is 385 Å². The maximum absolute atomic E-state index is 9.75. The lowest BCUT2D eigenvalue weighted by atomic mass is 9.63. The van der Waals surface area contributed by atoms with Crippen molar-refractivity contribution in [3.63, 3.8) is 0 Å². The molecule has 2 aromatic rings. The molecule has 6 unspecified atom stereocenters. The Balaban J connectivity index is 0.000000364. The molecule has 0 spiro atoms. The molecule has 1 N–H and O–H groups in total. The van der Waals surface area contributed by atoms with Crippen molar-refractivity contribution in [1.82, 2.24) is 0 Å². The van der Waals surface area contributed by atoms with Gasteiger partial charge in [0.15, 0.2) is 0 Å². The van der Waals surface area contributed by atoms with Gasteiger partial charge in [0.25, 0.3) is 0 Å². The van der Waals surface area contributed by atoms with Crippen LogP contribution in [0.2, 0.25) is 0 Å². The Morgan fingerprint density at radius 3 is 1.54 bits per heavy atom.